The Hall–Kier alpha value is -3.81. The summed E-state index contributed by atoms with van der Waals surface area (Å²) >= 11 is 0. The maximum Gasteiger partial charge on any atom is 0.364 e. The highest BCUT2D eigenvalue weighted by atomic mass is 32.2. The van der Waals surface area contributed by atoms with E-state index in [-0.39, 0.29) is 21.2 Å². The molecule has 0 aliphatic rings. The molecule has 0 saturated carbocycles. The molecular formula is C17H14FN5O6S. The molecule has 0 aliphatic carbocycles. The van der Waals surface area contributed by atoms with E-state index in [4.69, 9.17) is 5.84 Å². The molecule has 0 fully saturated rings. The van der Waals surface area contributed by atoms with E-state index in [1.807, 2.05) is 4.98 Å². The first-order chi connectivity index (χ1) is 14.1. The fourth-order valence-electron chi connectivity index (χ4n) is 2.59. The number of carbonyl (C=O) groups is 1. The number of halogens is 1. The molecule has 3 rings (SSSR count). The Morgan fingerprint density at radius 2 is 1.67 bits per heavy atom. The summed E-state index contributed by atoms with van der Waals surface area (Å²) in [6.45, 7) is 0. The fourth-order valence-corrected chi connectivity index (χ4v) is 3.36. The van der Waals surface area contributed by atoms with Gasteiger partial charge in [0.15, 0.2) is 0 Å². The number of nitrogens with zero attached hydrogens (tertiary/aromatic N) is 2. The predicted molar refractivity (Wildman–Crippen MR) is 105 cm³/mol. The number of hydrogen-bond acceptors (Lipinski definition) is 6. The Balaban J connectivity index is 1.98. The summed E-state index contributed by atoms with van der Waals surface area (Å²) in [5.74, 6) is 4.16. The summed E-state index contributed by atoms with van der Waals surface area (Å²) in [4.78, 5) is 39.5. The lowest BCUT2D eigenvalue weighted by molar-refractivity contribution is 0.0986. The highest BCUT2D eigenvalue weighted by Gasteiger charge is 2.26. The maximum atomic E-state index is 13.8. The van der Waals surface area contributed by atoms with Gasteiger partial charge in [-0.05, 0) is 36.4 Å². The van der Waals surface area contributed by atoms with E-state index in [1.54, 1.807) is 0 Å². The van der Waals surface area contributed by atoms with Crippen molar-refractivity contribution in [1.29, 1.82) is 0 Å². The van der Waals surface area contributed by atoms with Crippen molar-refractivity contribution in [3.05, 3.63) is 86.9 Å². The van der Waals surface area contributed by atoms with Crippen LogP contribution < -0.4 is 26.4 Å². The van der Waals surface area contributed by atoms with Crippen LogP contribution in [0.2, 0.25) is 0 Å². The van der Waals surface area contributed by atoms with Crippen LogP contribution in [0.3, 0.4) is 0 Å². The molecule has 2 aromatic carbocycles. The Kier molecular flexibility index (Phi) is 5.51. The number of para-hydroxylation sites is 1. The molecule has 0 saturated heterocycles. The highest BCUT2D eigenvalue weighted by Crippen LogP contribution is 2.26. The van der Waals surface area contributed by atoms with Crippen LogP contribution in [0.4, 0.5) is 21.5 Å². The average Bonchev–Trinajstić information content (AvgIpc) is 2.69. The number of benzene rings is 2. The zero-order chi connectivity index (χ0) is 22.1. The van der Waals surface area contributed by atoms with Crippen molar-refractivity contribution in [2.24, 2.45) is 5.84 Å². The number of rotatable bonds is 5. The van der Waals surface area contributed by atoms with Crippen LogP contribution in [0.25, 0.3) is 0 Å². The zero-order valence-corrected chi connectivity index (χ0v) is 15.8. The van der Waals surface area contributed by atoms with Crippen LogP contribution in [0.5, 0.6) is 0 Å². The molecule has 3 aromatic rings. The molecular weight excluding hydrogens is 421 g/mol. The van der Waals surface area contributed by atoms with Crippen LogP contribution in [-0.4, -0.2) is 28.8 Å². The molecule has 13 heteroatoms. The van der Waals surface area contributed by atoms with Crippen LogP contribution in [0, 0.1) is 5.82 Å². The van der Waals surface area contributed by atoms with E-state index >= 15 is 0 Å². The molecule has 0 unspecified atom stereocenters. The normalized spacial score (nSPS) is 11.2. The number of hydrazine groups is 1. The van der Waals surface area contributed by atoms with E-state index in [2.05, 4.69) is 4.98 Å². The first kappa shape index (κ1) is 20.9. The molecule has 1 aromatic heterocycles. The molecule has 5 N–H and O–H groups in total. The number of aromatic nitrogens is 2. The topological polar surface area (TPSA) is 170 Å². The summed E-state index contributed by atoms with van der Waals surface area (Å²) < 4.78 is 47.3. The number of hydrogen-bond donors (Lipinski definition) is 4. The first-order valence-corrected chi connectivity index (χ1v) is 9.53. The van der Waals surface area contributed by atoms with Crippen LogP contribution >= 0.6 is 0 Å². The quantitative estimate of drug-likeness (QED) is 0.197. The zero-order valence-electron chi connectivity index (χ0n) is 14.9. The number of anilines is 3. The van der Waals surface area contributed by atoms with Gasteiger partial charge in [-0.3, -0.25) is 19.1 Å². The number of H-pyrrole nitrogens is 2. The second-order valence-electron chi connectivity index (χ2n) is 5.87. The van der Waals surface area contributed by atoms with Gasteiger partial charge in [0.1, 0.15) is 11.5 Å². The van der Waals surface area contributed by atoms with Gasteiger partial charge in [0, 0.05) is 11.8 Å². The van der Waals surface area contributed by atoms with Crippen molar-refractivity contribution < 1.29 is 22.2 Å². The lowest BCUT2D eigenvalue weighted by atomic mass is 10.1. The Bertz CT molecular complexity index is 1320. The summed E-state index contributed by atoms with van der Waals surface area (Å²) in [6.07, 6.45) is 0.799. The molecule has 11 nitrogen and oxygen atoms in total. The third kappa shape index (κ3) is 4.12. The smallest absolute Gasteiger partial charge is 0.312 e. The average molecular weight is 435 g/mol. The van der Waals surface area contributed by atoms with Crippen LogP contribution in [-0.2, 0) is 10.3 Å². The van der Waals surface area contributed by atoms with Crippen molar-refractivity contribution >= 4 is 33.3 Å². The van der Waals surface area contributed by atoms with Crippen LogP contribution in [0.15, 0.2) is 64.3 Å². The standard InChI is InChI=1S/C17H14FN5O6S/c18-12-3-1-2-4-13(12)22(19)16(25)10-5-7-11(8-6-10)23(30(27,28)29)14-9-20-17(26)21-15(14)24/h1-9H,19H2,(H,27,28,29)(H2,20,21,24,26). The minimum absolute atomic E-state index is 0.0323. The summed E-state index contributed by atoms with van der Waals surface area (Å²) in [5.41, 5.74) is -2.98. The minimum Gasteiger partial charge on any atom is -0.312 e. The molecule has 1 heterocycles. The van der Waals surface area contributed by atoms with E-state index in [0.717, 1.165) is 36.5 Å². The Labute approximate surface area is 168 Å². The van der Waals surface area contributed by atoms with Gasteiger partial charge in [0.05, 0.1) is 11.4 Å². The predicted octanol–water partition coefficient (Wildman–Crippen LogP) is 0.664. The fraction of sp³-hybridized carbons (Fsp3) is 0. The van der Waals surface area contributed by atoms with E-state index in [1.165, 1.54) is 18.2 Å². The van der Waals surface area contributed by atoms with Gasteiger partial charge >= 0.3 is 16.0 Å². The van der Waals surface area contributed by atoms with E-state index < -0.39 is 39.0 Å². The molecule has 0 atom stereocenters. The number of nitrogens with two attached hydrogens (primary N) is 1. The van der Waals surface area contributed by atoms with Crippen molar-refractivity contribution in [2.75, 3.05) is 9.31 Å². The van der Waals surface area contributed by atoms with Gasteiger partial charge in [0.2, 0.25) is 0 Å². The molecule has 1 amide bonds. The molecule has 0 aliphatic heterocycles. The van der Waals surface area contributed by atoms with E-state index in [9.17, 15) is 31.7 Å². The SMILES string of the molecule is NN(C(=O)c1ccc(N(c2c[nH]c(=O)[nH]c2=O)S(=O)(=O)O)cc1)c1ccccc1F. The second kappa shape index (κ2) is 7.90. The molecule has 156 valence electrons. The van der Waals surface area contributed by atoms with Crippen molar-refractivity contribution in [2.45, 2.75) is 0 Å². The number of aromatic amines is 2. The third-order valence-electron chi connectivity index (χ3n) is 3.93. The lowest BCUT2D eigenvalue weighted by Crippen LogP contribution is -2.38. The van der Waals surface area contributed by atoms with Crippen LogP contribution in [0.1, 0.15) is 10.4 Å². The van der Waals surface area contributed by atoms with Gasteiger partial charge in [-0.25, -0.2) is 24.3 Å². The van der Waals surface area contributed by atoms with Crippen molar-refractivity contribution in [3.63, 3.8) is 0 Å². The van der Waals surface area contributed by atoms with Gasteiger partial charge in [-0.2, -0.15) is 8.42 Å². The Morgan fingerprint density at radius 3 is 2.23 bits per heavy atom. The minimum atomic E-state index is -4.98. The van der Waals surface area contributed by atoms with Gasteiger partial charge < -0.3 is 4.98 Å². The maximum absolute atomic E-state index is 13.8. The molecule has 0 spiro atoms. The third-order valence-corrected chi connectivity index (χ3v) is 4.80. The molecule has 30 heavy (non-hydrogen) atoms. The van der Waals surface area contributed by atoms with Gasteiger partial charge in [-0.15, -0.1) is 0 Å². The Morgan fingerprint density at radius 1 is 1.03 bits per heavy atom. The van der Waals surface area contributed by atoms with Gasteiger partial charge in [-0.1, -0.05) is 12.1 Å². The van der Waals surface area contributed by atoms with Gasteiger partial charge in [0.25, 0.3) is 11.5 Å². The van der Waals surface area contributed by atoms with Crippen molar-refractivity contribution in [3.8, 4) is 0 Å². The first-order valence-electron chi connectivity index (χ1n) is 8.13. The number of nitrogens with one attached hydrogen (secondary N) is 2. The molecule has 0 radical (unpaired) electrons. The van der Waals surface area contributed by atoms with Crippen molar-refractivity contribution in [1.82, 2.24) is 9.97 Å². The number of amides is 1. The highest BCUT2D eigenvalue weighted by molar-refractivity contribution is 7.87. The monoisotopic (exact) mass is 435 g/mol. The lowest BCUT2D eigenvalue weighted by Gasteiger charge is -2.20. The summed E-state index contributed by atoms with van der Waals surface area (Å²) in [5, 5.41) is 0.581. The molecule has 0 bridgehead atoms. The summed E-state index contributed by atoms with van der Waals surface area (Å²) in [6, 6.07) is 9.88. The largest absolute Gasteiger partial charge is 0.364 e. The van der Waals surface area contributed by atoms with E-state index in [0.29, 0.717) is 5.01 Å². The number of carbonyl (C=O) groups excluding carboxylic acids is 1. The second-order valence-corrected chi connectivity index (χ2v) is 7.13. The summed E-state index contributed by atoms with van der Waals surface area (Å²) in [7, 11) is -4.98.